The van der Waals surface area contributed by atoms with E-state index in [1.165, 1.54) is 31.2 Å². The van der Waals surface area contributed by atoms with Crippen LogP contribution in [0.25, 0.3) is 0 Å². The Kier molecular flexibility index (Phi) is 4.38. The lowest BCUT2D eigenvalue weighted by Crippen LogP contribution is -2.33. The highest BCUT2D eigenvalue weighted by Gasteiger charge is 2.24. The van der Waals surface area contributed by atoms with Crippen molar-refractivity contribution in [1.29, 1.82) is 0 Å². The average Bonchev–Trinajstić information content (AvgIpc) is 2.90. The largest absolute Gasteiger partial charge is 0.313 e. The summed E-state index contributed by atoms with van der Waals surface area (Å²) < 4.78 is 0. The van der Waals surface area contributed by atoms with Gasteiger partial charge in [-0.3, -0.25) is 0 Å². The first-order valence-corrected chi connectivity index (χ1v) is 6.78. The van der Waals surface area contributed by atoms with E-state index in [0.29, 0.717) is 12.0 Å². The van der Waals surface area contributed by atoms with Crippen LogP contribution in [0.15, 0.2) is 42.0 Å². The molecule has 1 N–H and O–H groups in total. The summed E-state index contributed by atoms with van der Waals surface area (Å²) in [6, 6.07) is 11.4. The molecule has 0 amide bonds. The second-order valence-corrected chi connectivity index (χ2v) is 4.86. The second-order valence-electron chi connectivity index (χ2n) is 4.86. The molecular weight excluding hydrogens is 206 g/mol. The number of allylic oxidation sites excluding steroid dienone is 1. The van der Waals surface area contributed by atoms with E-state index in [2.05, 4.69) is 55.7 Å². The number of nitrogens with one attached hydrogen (secondary N) is 1. The van der Waals surface area contributed by atoms with Gasteiger partial charge in [-0.2, -0.15) is 0 Å². The molecule has 0 saturated heterocycles. The fourth-order valence-corrected chi connectivity index (χ4v) is 2.99. The molecule has 92 valence electrons. The first-order valence-electron chi connectivity index (χ1n) is 6.78. The van der Waals surface area contributed by atoms with Gasteiger partial charge in [0.25, 0.3) is 0 Å². The van der Waals surface area contributed by atoms with E-state index in [1.54, 1.807) is 5.57 Å². The summed E-state index contributed by atoms with van der Waals surface area (Å²) in [6.07, 6.45) is 7.49. The number of hydrogen-bond acceptors (Lipinski definition) is 1. The van der Waals surface area contributed by atoms with Gasteiger partial charge in [-0.05, 0) is 38.3 Å². The summed E-state index contributed by atoms with van der Waals surface area (Å²) in [4.78, 5) is 0. The van der Waals surface area contributed by atoms with Gasteiger partial charge in [0.1, 0.15) is 0 Å². The number of rotatable bonds is 5. The highest BCUT2D eigenvalue weighted by molar-refractivity contribution is 5.27. The van der Waals surface area contributed by atoms with E-state index in [0.717, 1.165) is 0 Å². The van der Waals surface area contributed by atoms with Crippen molar-refractivity contribution in [2.45, 2.75) is 44.6 Å². The molecule has 2 atom stereocenters. The van der Waals surface area contributed by atoms with Crippen LogP contribution in [0.3, 0.4) is 0 Å². The van der Waals surface area contributed by atoms with Crippen LogP contribution in [0.1, 0.15) is 44.1 Å². The van der Waals surface area contributed by atoms with Crippen LogP contribution in [-0.4, -0.2) is 13.1 Å². The van der Waals surface area contributed by atoms with Crippen molar-refractivity contribution in [2.24, 2.45) is 0 Å². The van der Waals surface area contributed by atoms with Gasteiger partial charge in [0.2, 0.25) is 0 Å². The molecular formula is C16H23N. The van der Waals surface area contributed by atoms with Crippen LogP contribution >= 0.6 is 0 Å². The summed E-state index contributed by atoms with van der Waals surface area (Å²) in [5.74, 6) is 0.602. The zero-order valence-corrected chi connectivity index (χ0v) is 10.9. The normalized spacial score (nSPS) is 18.8. The molecule has 1 heteroatoms. The summed E-state index contributed by atoms with van der Waals surface area (Å²) >= 11 is 0. The first-order chi connectivity index (χ1) is 8.36. The van der Waals surface area contributed by atoms with Crippen molar-refractivity contribution in [1.82, 2.24) is 5.32 Å². The molecule has 0 aliphatic heterocycles. The molecule has 0 fully saturated rings. The van der Waals surface area contributed by atoms with Crippen LogP contribution in [0, 0.1) is 0 Å². The summed E-state index contributed by atoms with van der Waals surface area (Å²) in [5.41, 5.74) is 3.07. The van der Waals surface area contributed by atoms with Gasteiger partial charge in [-0.25, -0.2) is 0 Å². The smallest absolute Gasteiger partial charge is 0.0345 e. The maximum absolute atomic E-state index is 3.53. The van der Waals surface area contributed by atoms with Crippen LogP contribution in [0.2, 0.25) is 0 Å². The minimum Gasteiger partial charge on any atom is -0.313 e. The van der Waals surface area contributed by atoms with E-state index < -0.39 is 0 Å². The Morgan fingerprint density at radius 3 is 2.53 bits per heavy atom. The molecule has 0 heterocycles. The molecule has 0 bridgehead atoms. The van der Waals surface area contributed by atoms with Crippen LogP contribution < -0.4 is 5.32 Å². The predicted molar refractivity (Wildman–Crippen MR) is 74.3 cm³/mol. The first kappa shape index (κ1) is 12.4. The lowest BCUT2D eigenvalue weighted by molar-refractivity contribution is 0.494. The van der Waals surface area contributed by atoms with Gasteiger partial charge in [0, 0.05) is 12.0 Å². The molecule has 17 heavy (non-hydrogen) atoms. The van der Waals surface area contributed by atoms with Gasteiger partial charge in [-0.1, -0.05) is 48.9 Å². The van der Waals surface area contributed by atoms with Gasteiger partial charge >= 0.3 is 0 Å². The Morgan fingerprint density at radius 2 is 2.00 bits per heavy atom. The maximum Gasteiger partial charge on any atom is 0.0345 e. The standard InChI is InChI=1S/C16H23N/c1-3-15(13-9-5-4-6-10-13)16(17-2)14-11-7-8-12-14/h4-6,9-11,15-17H,3,7-8,12H2,1-2H3. The van der Waals surface area contributed by atoms with Crippen LogP contribution in [0.4, 0.5) is 0 Å². The van der Waals surface area contributed by atoms with Crippen molar-refractivity contribution < 1.29 is 0 Å². The Labute approximate surface area is 105 Å². The number of benzene rings is 1. The van der Waals surface area contributed by atoms with Crippen molar-refractivity contribution in [2.75, 3.05) is 7.05 Å². The minimum absolute atomic E-state index is 0.518. The molecule has 1 aromatic rings. The Balaban J connectivity index is 2.21. The van der Waals surface area contributed by atoms with Gasteiger partial charge in [0.05, 0.1) is 0 Å². The zero-order valence-electron chi connectivity index (χ0n) is 10.9. The highest BCUT2D eigenvalue weighted by Crippen LogP contribution is 2.32. The third-order valence-electron chi connectivity index (χ3n) is 3.86. The van der Waals surface area contributed by atoms with Gasteiger partial charge in [-0.15, -0.1) is 0 Å². The number of hydrogen-bond donors (Lipinski definition) is 1. The fraction of sp³-hybridized carbons (Fsp3) is 0.500. The van der Waals surface area contributed by atoms with Crippen molar-refractivity contribution >= 4 is 0 Å². The van der Waals surface area contributed by atoms with Crippen molar-refractivity contribution in [3.8, 4) is 0 Å². The molecule has 0 aromatic heterocycles. The van der Waals surface area contributed by atoms with Crippen LogP contribution in [-0.2, 0) is 0 Å². The quantitative estimate of drug-likeness (QED) is 0.756. The average molecular weight is 229 g/mol. The third kappa shape index (κ3) is 2.78. The Bertz CT molecular complexity index is 366. The van der Waals surface area contributed by atoms with E-state index >= 15 is 0 Å². The lowest BCUT2D eigenvalue weighted by Gasteiger charge is -2.28. The molecule has 1 aromatic carbocycles. The highest BCUT2D eigenvalue weighted by atomic mass is 14.9. The SMILES string of the molecule is CCC(c1ccccc1)C(NC)C1=CCCC1. The van der Waals surface area contributed by atoms with Crippen molar-refractivity contribution in [3.05, 3.63) is 47.5 Å². The lowest BCUT2D eigenvalue weighted by atomic mass is 9.85. The molecule has 1 aliphatic carbocycles. The van der Waals surface area contributed by atoms with Crippen molar-refractivity contribution in [3.63, 3.8) is 0 Å². The molecule has 2 rings (SSSR count). The minimum atomic E-state index is 0.518. The van der Waals surface area contributed by atoms with E-state index in [4.69, 9.17) is 0 Å². The Hall–Kier alpha value is -1.08. The predicted octanol–water partition coefficient (Wildman–Crippen LogP) is 3.88. The fourth-order valence-electron chi connectivity index (χ4n) is 2.99. The number of likely N-dealkylation sites (N-methyl/N-ethyl adjacent to an activating group) is 1. The summed E-state index contributed by atoms with van der Waals surface area (Å²) in [6.45, 7) is 2.29. The molecule has 0 saturated carbocycles. The summed E-state index contributed by atoms with van der Waals surface area (Å²) in [7, 11) is 2.09. The third-order valence-corrected chi connectivity index (χ3v) is 3.86. The van der Waals surface area contributed by atoms with E-state index in [1.807, 2.05) is 0 Å². The van der Waals surface area contributed by atoms with E-state index in [9.17, 15) is 0 Å². The molecule has 0 radical (unpaired) electrons. The monoisotopic (exact) mass is 229 g/mol. The molecule has 1 aliphatic rings. The van der Waals surface area contributed by atoms with Gasteiger partial charge in [0.15, 0.2) is 0 Å². The maximum atomic E-state index is 3.53. The molecule has 1 nitrogen and oxygen atoms in total. The second kappa shape index (κ2) is 6.02. The van der Waals surface area contributed by atoms with E-state index in [-0.39, 0.29) is 0 Å². The Morgan fingerprint density at radius 1 is 1.24 bits per heavy atom. The molecule has 2 unspecified atom stereocenters. The zero-order chi connectivity index (χ0) is 12.1. The topological polar surface area (TPSA) is 12.0 Å². The molecule has 0 spiro atoms. The summed E-state index contributed by atoms with van der Waals surface area (Å²) in [5, 5.41) is 3.53. The van der Waals surface area contributed by atoms with Crippen LogP contribution in [0.5, 0.6) is 0 Å². The van der Waals surface area contributed by atoms with Gasteiger partial charge < -0.3 is 5.32 Å².